The molecule has 2 aliphatic heterocycles. The van der Waals surface area contributed by atoms with E-state index in [-0.39, 0.29) is 30.4 Å². The van der Waals surface area contributed by atoms with E-state index in [1.54, 1.807) is 11.8 Å². The third-order valence-corrected chi connectivity index (χ3v) is 2.93. The third-order valence-electron chi connectivity index (χ3n) is 2.93. The molecular weight excluding hydrogens is 182 g/mol. The van der Waals surface area contributed by atoms with Gasteiger partial charge in [-0.25, -0.2) is 0 Å². The van der Waals surface area contributed by atoms with Gasteiger partial charge < -0.3 is 15.5 Å². The quantitative estimate of drug-likeness (QED) is 0.549. The zero-order chi connectivity index (χ0) is 10.1. The van der Waals surface area contributed by atoms with Gasteiger partial charge in [-0.1, -0.05) is 0 Å². The van der Waals surface area contributed by atoms with Crippen LogP contribution in [0, 0.1) is 0 Å². The predicted molar refractivity (Wildman–Crippen MR) is 50.6 cm³/mol. The van der Waals surface area contributed by atoms with Crippen LogP contribution in [-0.2, 0) is 9.59 Å². The Morgan fingerprint density at radius 3 is 2.86 bits per heavy atom. The summed E-state index contributed by atoms with van der Waals surface area (Å²) in [5.74, 6) is -0.0118. The van der Waals surface area contributed by atoms with Gasteiger partial charge in [0.05, 0.1) is 6.54 Å². The highest BCUT2D eigenvalue weighted by atomic mass is 16.2. The highest BCUT2D eigenvalue weighted by Gasteiger charge is 2.36. The van der Waals surface area contributed by atoms with Crippen LogP contribution in [0.5, 0.6) is 0 Å². The second-order valence-electron chi connectivity index (χ2n) is 3.84. The molecule has 5 heteroatoms. The molecule has 0 aromatic carbocycles. The summed E-state index contributed by atoms with van der Waals surface area (Å²) in [6.07, 6.45) is 0.948. The molecule has 2 heterocycles. The molecule has 2 fully saturated rings. The van der Waals surface area contributed by atoms with E-state index >= 15 is 0 Å². The second-order valence-corrected chi connectivity index (χ2v) is 3.84. The van der Waals surface area contributed by atoms with E-state index in [2.05, 4.69) is 10.6 Å². The minimum atomic E-state index is -0.318. The predicted octanol–water partition coefficient (Wildman–Crippen LogP) is -1.30. The number of amides is 2. The number of hydrogen-bond donors (Lipinski definition) is 2. The number of nitrogens with one attached hydrogen (secondary N) is 2. The maximum absolute atomic E-state index is 11.6. The Bertz CT molecular complexity index is 261. The lowest BCUT2D eigenvalue weighted by molar-refractivity contribution is -0.147. The highest BCUT2D eigenvalue weighted by Crippen LogP contribution is 2.15. The average molecular weight is 197 g/mol. The first-order chi connectivity index (χ1) is 6.70. The fourth-order valence-electron chi connectivity index (χ4n) is 2.14. The van der Waals surface area contributed by atoms with Gasteiger partial charge in [-0.3, -0.25) is 9.59 Å². The molecule has 78 valence electrons. The van der Waals surface area contributed by atoms with Gasteiger partial charge in [0, 0.05) is 12.6 Å². The van der Waals surface area contributed by atoms with E-state index in [9.17, 15) is 9.59 Å². The van der Waals surface area contributed by atoms with Gasteiger partial charge in [0.25, 0.3) is 0 Å². The van der Waals surface area contributed by atoms with Crippen LogP contribution in [0.2, 0.25) is 0 Å². The Morgan fingerprint density at radius 1 is 1.43 bits per heavy atom. The summed E-state index contributed by atoms with van der Waals surface area (Å²) in [4.78, 5) is 24.7. The summed E-state index contributed by atoms with van der Waals surface area (Å²) < 4.78 is 0. The minimum Gasteiger partial charge on any atom is -0.345 e. The van der Waals surface area contributed by atoms with Crippen molar-refractivity contribution >= 4 is 11.8 Å². The Balaban J connectivity index is 2.12. The number of carbonyl (C=O) groups is 2. The zero-order valence-electron chi connectivity index (χ0n) is 8.25. The second kappa shape index (κ2) is 3.57. The highest BCUT2D eigenvalue weighted by molar-refractivity contribution is 5.94. The SMILES string of the molecule is CC1C(=O)NCC(=O)N1C1CCNC1. The van der Waals surface area contributed by atoms with Crippen LogP contribution in [0.3, 0.4) is 0 Å². The number of carbonyl (C=O) groups excluding carboxylic acids is 2. The van der Waals surface area contributed by atoms with Crippen LogP contribution < -0.4 is 10.6 Å². The summed E-state index contributed by atoms with van der Waals surface area (Å²) in [5, 5.41) is 5.78. The van der Waals surface area contributed by atoms with E-state index < -0.39 is 0 Å². The molecule has 5 nitrogen and oxygen atoms in total. The summed E-state index contributed by atoms with van der Waals surface area (Å²) >= 11 is 0. The van der Waals surface area contributed by atoms with Crippen LogP contribution in [0.25, 0.3) is 0 Å². The molecule has 2 aliphatic rings. The molecule has 2 unspecified atom stereocenters. The molecule has 0 aromatic rings. The van der Waals surface area contributed by atoms with Crippen molar-refractivity contribution in [3.8, 4) is 0 Å². The molecule has 14 heavy (non-hydrogen) atoms. The number of nitrogens with zero attached hydrogens (tertiary/aromatic N) is 1. The molecule has 0 bridgehead atoms. The first-order valence-electron chi connectivity index (χ1n) is 4.99. The standard InChI is InChI=1S/C9H15N3O2/c1-6-9(14)11-5-8(13)12(6)7-2-3-10-4-7/h6-7,10H,2-5H2,1H3,(H,11,14). The van der Waals surface area contributed by atoms with Gasteiger partial charge in [0.2, 0.25) is 11.8 Å². The van der Waals surface area contributed by atoms with Crippen molar-refractivity contribution in [2.24, 2.45) is 0 Å². The van der Waals surface area contributed by atoms with E-state index in [4.69, 9.17) is 0 Å². The molecule has 2 atom stereocenters. The average Bonchev–Trinajstić information content (AvgIpc) is 2.65. The van der Waals surface area contributed by atoms with Crippen LogP contribution >= 0.6 is 0 Å². The van der Waals surface area contributed by atoms with Crippen molar-refractivity contribution in [2.45, 2.75) is 25.4 Å². The molecule has 0 spiro atoms. The molecule has 2 N–H and O–H groups in total. The summed E-state index contributed by atoms with van der Waals surface area (Å²) in [6, 6.07) is -0.121. The van der Waals surface area contributed by atoms with Gasteiger partial charge in [-0.2, -0.15) is 0 Å². The van der Waals surface area contributed by atoms with Gasteiger partial charge in [-0.15, -0.1) is 0 Å². The van der Waals surface area contributed by atoms with E-state index in [1.165, 1.54) is 0 Å². The lowest BCUT2D eigenvalue weighted by atomic mass is 10.1. The normalized spacial score (nSPS) is 33.4. The molecule has 2 amide bonds. The summed E-state index contributed by atoms with van der Waals surface area (Å²) in [7, 11) is 0. The van der Waals surface area contributed by atoms with Crippen LogP contribution in [-0.4, -0.2) is 48.4 Å². The van der Waals surface area contributed by atoms with Crippen molar-refractivity contribution in [1.29, 1.82) is 0 Å². The molecule has 0 aliphatic carbocycles. The maximum Gasteiger partial charge on any atom is 0.242 e. The zero-order valence-corrected chi connectivity index (χ0v) is 8.25. The number of hydrogen-bond acceptors (Lipinski definition) is 3. The Hall–Kier alpha value is -1.10. The van der Waals surface area contributed by atoms with Crippen LogP contribution in [0.4, 0.5) is 0 Å². The number of piperazine rings is 1. The largest absolute Gasteiger partial charge is 0.345 e. The third kappa shape index (κ3) is 1.48. The van der Waals surface area contributed by atoms with Crippen molar-refractivity contribution in [3.63, 3.8) is 0 Å². The molecule has 2 saturated heterocycles. The van der Waals surface area contributed by atoms with E-state index in [0.29, 0.717) is 0 Å². The smallest absolute Gasteiger partial charge is 0.242 e. The number of rotatable bonds is 1. The lowest BCUT2D eigenvalue weighted by Crippen LogP contribution is -2.60. The molecule has 2 rings (SSSR count). The summed E-state index contributed by atoms with van der Waals surface area (Å²) in [6.45, 7) is 3.68. The first kappa shape index (κ1) is 9.45. The lowest BCUT2D eigenvalue weighted by Gasteiger charge is -2.36. The molecular formula is C9H15N3O2. The minimum absolute atomic E-state index is 0.0331. The van der Waals surface area contributed by atoms with Gasteiger partial charge in [0.15, 0.2) is 0 Å². The molecule has 0 saturated carbocycles. The van der Waals surface area contributed by atoms with E-state index in [1.807, 2.05) is 0 Å². The fraction of sp³-hybridized carbons (Fsp3) is 0.778. The topological polar surface area (TPSA) is 61.4 Å². The Labute approximate surface area is 82.8 Å². The van der Waals surface area contributed by atoms with Crippen molar-refractivity contribution in [2.75, 3.05) is 19.6 Å². The van der Waals surface area contributed by atoms with Crippen LogP contribution in [0.1, 0.15) is 13.3 Å². The van der Waals surface area contributed by atoms with Crippen molar-refractivity contribution in [3.05, 3.63) is 0 Å². The monoisotopic (exact) mass is 197 g/mol. The Kier molecular flexibility index (Phi) is 2.41. The maximum atomic E-state index is 11.6. The van der Waals surface area contributed by atoms with Gasteiger partial charge >= 0.3 is 0 Å². The van der Waals surface area contributed by atoms with Crippen molar-refractivity contribution < 1.29 is 9.59 Å². The van der Waals surface area contributed by atoms with Gasteiger partial charge in [-0.05, 0) is 19.9 Å². The van der Waals surface area contributed by atoms with Gasteiger partial charge in [0.1, 0.15) is 6.04 Å². The molecule has 0 aromatic heterocycles. The van der Waals surface area contributed by atoms with Crippen LogP contribution in [0.15, 0.2) is 0 Å². The van der Waals surface area contributed by atoms with E-state index in [0.717, 1.165) is 19.5 Å². The fourth-order valence-corrected chi connectivity index (χ4v) is 2.14. The Morgan fingerprint density at radius 2 is 2.21 bits per heavy atom. The summed E-state index contributed by atoms with van der Waals surface area (Å²) in [5.41, 5.74) is 0. The first-order valence-corrected chi connectivity index (χ1v) is 4.99. The van der Waals surface area contributed by atoms with Crippen molar-refractivity contribution in [1.82, 2.24) is 15.5 Å². The molecule has 0 radical (unpaired) electrons.